The smallest absolute Gasteiger partial charge is 0.371 e. The summed E-state index contributed by atoms with van der Waals surface area (Å²) >= 11 is 7.42. The van der Waals surface area contributed by atoms with Crippen LogP contribution in [0.25, 0.3) is 0 Å². The van der Waals surface area contributed by atoms with Crippen LogP contribution < -0.4 is 0 Å². The summed E-state index contributed by atoms with van der Waals surface area (Å²) in [5, 5.41) is 9.98. The maximum Gasteiger partial charge on any atom is 0.371 e. The van der Waals surface area contributed by atoms with Crippen LogP contribution in [0.1, 0.15) is 28.5 Å². The van der Waals surface area contributed by atoms with Gasteiger partial charge in [-0.25, -0.2) is 9.78 Å². The van der Waals surface area contributed by atoms with E-state index in [1.807, 2.05) is 6.92 Å². The third-order valence-corrected chi connectivity index (χ3v) is 3.80. The van der Waals surface area contributed by atoms with Gasteiger partial charge in [-0.3, -0.25) is 0 Å². The van der Waals surface area contributed by atoms with Gasteiger partial charge in [-0.05, 0) is 31.2 Å². The van der Waals surface area contributed by atoms with Crippen molar-refractivity contribution in [3.05, 3.63) is 47.0 Å². The average Bonchev–Trinajstić information content (AvgIpc) is 2.81. The zero-order valence-electron chi connectivity index (χ0n) is 9.46. The monoisotopic (exact) mass is 283 g/mol. The molecule has 2 rings (SSSR count). The first kappa shape index (κ1) is 13.0. The minimum absolute atomic E-state index is 0.0644. The fourth-order valence-electron chi connectivity index (χ4n) is 1.37. The van der Waals surface area contributed by atoms with Crippen LogP contribution in [0.5, 0.6) is 0 Å². The van der Waals surface area contributed by atoms with Gasteiger partial charge in [0.25, 0.3) is 0 Å². The highest BCUT2D eigenvalue weighted by Crippen LogP contribution is 2.37. The second kappa shape index (κ2) is 5.46. The van der Waals surface area contributed by atoms with Gasteiger partial charge in [0, 0.05) is 6.20 Å². The van der Waals surface area contributed by atoms with E-state index in [0.717, 1.165) is 0 Å². The largest absolute Gasteiger partial charge is 0.475 e. The molecule has 0 aliphatic rings. The third-order valence-electron chi connectivity index (χ3n) is 2.25. The average molecular weight is 284 g/mol. The number of nitrogens with zero attached hydrogens (tertiary/aromatic N) is 1. The Morgan fingerprint density at radius 3 is 2.89 bits per heavy atom. The number of hydrogen-bond acceptors (Lipinski definition) is 4. The molecule has 18 heavy (non-hydrogen) atoms. The fourth-order valence-corrected chi connectivity index (χ4v) is 2.50. The summed E-state index contributed by atoms with van der Waals surface area (Å²) in [6.07, 6.45) is 1.66. The molecular weight excluding hydrogens is 274 g/mol. The normalized spacial score (nSPS) is 12.3. The molecule has 0 spiro atoms. The van der Waals surface area contributed by atoms with E-state index >= 15 is 0 Å². The lowest BCUT2D eigenvalue weighted by Gasteiger charge is -2.08. The first-order chi connectivity index (χ1) is 8.58. The van der Waals surface area contributed by atoms with Gasteiger partial charge in [-0.2, -0.15) is 0 Å². The Hall–Kier alpha value is -1.46. The van der Waals surface area contributed by atoms with Crippen molar-refractivity contribution < 1.29 is 14.3 Å². The van der Waals surface area contributed by atoms with Crippen molar-refractivity contribution in [2.45, 2.75) is 17.2 Å². The van der Waals surface area contributed by atoms with Crippen LogP contribution in [0, 0.1) is 0 Å². The SMILES string of the molecule is CC(Sc1ncccc1Cl)c1ccc(C(=O)O)o1. The second-order valence-electron chi connectivity index (χ2n) is 3.56. The van der Waals surface area contributed by atoms with Gasteiger partial charge < -0.3 is 9.52 Å². The number of aromatic carboxylic acids is 1. The Bertz CT molecular complexity index is 570. The Morgan fingerprint density at radius 2 is 2.28 bits per heavy atom. The van der Waals surface area contributed by atoms with Crippen LogP contribution >= 0.6 is 23.4 Å². The van der Waals surface area contributed by atoms with E-state index < -0.39 is 5.97 Å². The van der Waals surface area contributed by atoms with Crippen LogP contribution in [-0.4, -0.2) is 16.1 Å². The molecular formula is C12H10ClNO3S. The number of aromatic nitrogens is 1. The highest BCUT2D eigenvalue weighted by atomic mass is 35.5. The standard InChI is InChI=1S/C12H10ClNO3S/c1-7(9-4-5-10(17-9)12(15)16)18-11-8(13)3-2-6-14-11/h2-7H,1H3,(H,15,16). The highest BCUT2D eigenvalue weighted by Gasteiger charge is 2.16. The molecule has 2 heterocycles. The molecule has 6 heteroatoms. The molecule has 0 aliphatic carbocycles. The van der Waals surface area contributed by atoms with E-state index in [9.17, 15) is 4.79 Å². The molecule has 0 saturated carbocycles. The molecule has 2 aromatic rings. The summed E-state index contributed by atoms with van der Waals surface area (Å²) in [4.78, 5) is 14.9. The molecule has 0 fully saturated rings. The lowest BCUT2D eigenvalue weighted by atomic mass is 10.3. The lowest BCUT2D eigenvalue weighted by Crippen LogP contribution is -1.92. The Labute approximate surface area is 113 Å². The molecule has 0 radical (unpaired) electrons. The van der Waals surface area contributed by atoms with Crippen LogP contribution in [-0.2, 0) is 0 Å². The molecule has 1 unspecified atom stereocenters. The van der Waals surface area contributed by atoms with Gasteiger partial charge >= 0.3 is 5.97 Å². The quantitative estimate of drug-likeness (QED) is 0.863. The van der Waals surface area contributed by atoms with Crippen LogP contribution in [0.4, 0.5) is 0 Å². The fraction of sp³-hybridized carbons (Fsp3) is 0.167. The molecule has 0 aliphatic heterocycles. The van der Waals surface area contributed by atoms with Crippen molar-refractivity contribution in [2.75, 3.05) is 0 Å². The van der Waals surface area contributed by atoms with E-state index in [4.69, 9.17) is 21.1 Å². The Balaban J connectivity index is 2.14. The van der Waals surface area contributed by atoms with Gasteiger partial charge in [0.2, 0.25) is 5.76 Å². The van der Waals surface area contributed by atoms with E-state index in [-0.39, 0.29) is 11.0 Å². The maximum atomic E-state index is 10.7. The maximum absolute atomic E-state index is 10.7. The van der Waals surface area contributed by atoms with Gasteiger partial charge in [0.05, 0.1) is 10.3 Å². The minimum Gasteiger partial charge on any atom is -0.475 e. The van der Waals surface area contributed by atoms with Crippen molar-refractivity contribution in [3.63, 3.8) is 0 Å². The molecule has 0 aromatic carbocycles. The Kier molecular flexibility index (Phi) is 3.93. The van der Waals surface area contributed by atoms with E-state index in [1.165, 1.54) is 17.8 Å². The van der Waals surface area contributed by atoms with Crippen LogP contribution in [0.3, 0.4) is 0 Å². The topological polar surface area (TPSA) is 63.3 Å². The van der Waals surface area contributed by atoms with Crippen LogP contribution in [0.2, 0.25) is 5.02 Å². The summed E-state index contributed by atoms with van der Waals surface area (Å²) < 4.78 is 5.23. The van der Waals surface area contributed by atoms with Crippen molar-refractivity contribution in [2.24, 2.45) is 0 Å². The van der Waals surface area contributed by atoms with Crippen molar-refractivity contribution in [1.29, 1.82) is 0 Å². The van der Waals surface area contributed by atoms with Gasteiger partial charge in [0.1, 0.15) is 10.8 Å². The van der Waals surface area contributed by atoms with Gasteiger partial charge in [-0.1, -0.05) is 23.4 Å². The molecule has 1 N–H and O–H groups in total. The molecule has 0 bridgehead atoms. The number of furan rings is 1. The molecule has 2 aromatic heterocycles. The zero-order chi connectivity index (χ0) is 13.1. The van der Waals surface area contributed by atoms with Crippen molar-refractivity contribution in [1.82, 2.24) is 4.98 Å². The first-order valence-electron chi connectivity index (χ1n) is 5.18. The molecule has 1 atom stereocenters. The number of thioether (sulfide) groups is 1. The predicted molar refractivity (Wildman–Crippen MR) is 69.2 cm³/mol. The minimum atomic E-state index is -1.07. The zero-order valence-corrected chi connectivity index (χ0v) is 11.0. The van der Waals surface area contributed by atoms with Crippen molar-refractivity contribution >= 4 is 29.3 Å². The number of halogens is 1. The van der Waals surface area contributed by atoms with E-state index in [1.54, 1.807) is 24.4 Å². The number of hydrogen-bond donors (Lipinski definition) is 1. The Morgan fingerprint density at radius 1 is 1.50 bits per heavy atom. The molecule has 0 saturated heterocycles. The number of carbonyl (C=O) groups is 1. The van der Waals surface area contributed by atoms with Crippen LogP contribution in [0.15, 0.2) is 39.9 Å². The first-order valence-corrected chi connectivity index (χ1v) is 6.44. The van der Waals surface area contributed by atoms with Gasteiger partial charge in [0.15, 0.2) is 0 Å². The number of carboxylic acid groups (broad SMARTS) is 1. The molecule has 94 valence electrons. The van der Waals surface area contributed by atoms with Gasteiger partial charge in [-0.15, -0.1) is 0 Å². The number of rotatable bonds is 4. The van der Waals surface area contributed by atoms with E-state index in [0.29, 0.717) is 15.8 Å². The predicted octanol–water partition coefficient (Wildman–Crippen LogP) is 3.88. The van der Waals surface area contributed by atoms with Crippen molar-refractivity contribution in [3.8, 4) is 0 Å². The number of carboxylic acids is 1. The lowest BCUT2D eigenvalue weighted by molar-refractivity contribution is 0.0660. The summed E-state index contributed by atoms with van der Waals surface area (Å²) in [5.74, 6) is -0.557. The summed E-state index contributed by atoms with van der Waals surface area (Å²) in [7, 11) is 0. The highest BCUT2D eigenvalue weighted by molar-refractivity contribution is 7.99. The molecule has 4 nitrogen and oxygen atoms in total. The third kappa shape index (κ3) is 2.86. The molecule has 0 amide bonds. The summed E-state index contributed by atoms with van der Waals surface area (Å²) in [6, 6.07) is 6.60. The summed E-state index contributed by atoms with van der Waals surface area (Å²) in [6.45, 7) is 1.90. The summed E-state index contributed by atoms with van der Waals surface area (Å²) in [5.41, 5.74) is 0. The number of pyridine rings is 1. The van der Waals surface area contributed by atoms with E-state index in [2.05, 4.69) is 4.98 Å². The second-order valence-corrected chi connectivity index (χ2v) is 5.29.